The van der Waals surface area contributed by atoms with Gasteiger partial charge < -0.3 is 19.4 Å². The van der Waals surface area contributed by atoms with E-state index in [0.717, 1.165) is 16.5 Å². The number of esters is 1. The summed E-state index contributed by atoms with van der Waals surface area (Å²) >= 11 is 5.93. The van der Waals surface area contributed by atoms with Gasteiger partial charge in [0.2, 0.25) is 0 Å². The second kappa shape index (κ2) is 9.43. The van der Waals surface area contributed by atoms with Crippen molar-refractivity contribution in [2.24, 2.45) is 7.05 Å². The Balaban J connectivity index is 2.13. The maximum Gasteiger partial charge on any atom is 0.358 e. The molecule has 0 saturated heterocycles. The van der Waals surface area contributed by atoms with Gasteiger partial charge in [0.05, 0.1) is 18.2 Å². The van der Waals surface area contributed by atoms with Crippen molar-refractivity contribution in [2.75, 3.05) is 11.9 Å². The zero-order valence-corrected chi connectivity index (χ0v) is 19.2. The molecule has 164 valence electrons. The lowest BCUT2D eigenvalue weighted by Gasteiger charge is -2.13. The number of aromatic nitrogens is 1. The maximum atomic E-state index is 12.8. The number of ether oxygens (including phenoxy) is 2. The van der Waals surface area contributed by atoms with E-state index in [9.17, 15) is 9.59 Å². The van der Waals surface area contributed by atoms with Gasteiger partial charge in [-0.1, -0.05) is 18.5 Å². The van der Waals surface area contributed by atoms with Crippen LogP contribution in [0.4, 0.5) is 5.69 Å². The molecule has 0 spiro atoms. The molecule has 0 bridgehead atoms. The molecule has 7 heteroatoms. The Morgan fingerprint density at radius 1 is 1.13 bits per heavy atom. The maximum absolute atomic E-state index is 12.8. The van der Waals surface area contributed by atoms with E-state index in [1.54, 1.807) is 35.8 Å². The van der Waals surface area contributed by atoms with E-state index in [2.05, 4.69) is 5.32 Å². The summed E-state index contributed by atoms with van der Waals surface area (Å²) in [7, 11) is 1.81. The summed E-state index contributed by atoms with van der Waals surface area (Å²) in [6, 6.07) is 10.5. The largest absolute Gasteiger partial charge is 0.488 e. The van der Waals surface area contributed by atoms with Gasteiger partial charge in [-0.05, 0) is 69.2 Å². The highest BCUT2D eigenvalue weighted by atomic mass is 35.5. The summed E-state index contributed by atoms with van der Waals surface area (Å²) < 4.78 is 13.1. The van der Waals surface area contributed by atoms with Crippen LogP contribution in [0, 0.1) is 0 Å². The molecule has 0 aliphatic carbocycles. The van der Waals surface area contributed by atoms with Gasteiger partial charge in [-0.3, -0.25) is 4.79 Å². The summed E-state index contributed by atoms with van der Waals surface area (Å²) in [6.45, 7) is 7.85. The Bertz CT molecular complexity index is 1120. The standard InChI is InChI=1S/C24H27ClN2O4/c1-6-15-12-20-18(13-19(15)26-23(28)16-8-10-17(25)11-9-16)22(31-14(3)4)21(27(20)5)24(29)30-7-2/h8-14H,6-7H2,1-5H3,(H,26,28). The number of nitrogens with one attached hydrogen (secondary N) is 1. The van der Waals surface area contributed by atoms with E-state index in [0.29, 0.717) is 34.1 Å². The first-order valence-corrected chi connectivity index (χ1v) is 10.7. The number of rotatable bonds is 7. The van der Waals surface area contributed by atoms with Crippen molar-refractivity contribution in [1.82, 2.24) is 4.57 Å². The van der Waals surface area contributed by atoms with Gasteiger partial charge in [0.25, 0.3) is 5.91 Å². The lowest BCUT2D eigenvalue weighted by Crippen LogP contribution is -2.14. The monoisotopic (exact) mass is 442 g/mol. The Kier molecular flexibility index (Phi) is 6.91. The molecular formula is C24H27ClN2O4. The van der Waals surface area contributed by atoms with Gasteiger partial charge in [-0.25, -0.2) is 4.79 Å². The van der Waals surface area contributed by atoms with E-state index in [1.165, 1.54) is 0 Å². The highest BCUT2D eigenvalue weighted by Crippen LogP contribution is 2.37. The van der Waals surface area contributed by atoms with Crippen LogP contribution in [0.15, 0.2) is 36.4 Å². The molecule has 1 N–H and O–H groups in total. The topological polar surface area (TPSA) is 69.6 Å². The van der Waals surface area contributed by atoms with Gasteiger partial charge >= 0.3 is 5.97 Å². The van der Waals surface area contributed by atoms with Gasteiger partial charge in [-0.2, -0.15) is 0 Å². The predicted molar refractivity (Wildman–Crippen MR) is 123 cm³/mol. The molecule has 0 unspecified atom stereocenters. The smallest absolute Gasteiger partial charge is 0.358 e. The number of aryl methyl sites for hydroxylation is 2. The molecular weight excluding hydrogens is 416 g/mol. The molecule has 6 nitrogen and oxygen atoms in total. The molecule has 1 heterocycles. The summed E-state index contributed by atoms with van der Waals surface area (Å²) in [6.07, 6.45) is 0.559. The van der Waals surface area contributed by atoms with Crippen LogP contribution in [-0.2, 0) is 18.2 Å². The van der Waals surface area contributed by atoms with Crippen LogP contribution in [-0.4, -0.2) is 29.2 Å². The van der Waals surface area contributed by atoms with E-state index in [-0.39, 0.29) is 18.6 Å². The van der Waals surface area contributed by atoms with Gasteiger partial charge in [0, 0.05) is 28.7 Å². The molecule has 0 saturated carbocycles. The van der Waals surface area contributed by atoms with Crippen molar-refractivity contribution >= 4 is 40.1 Å². The number of anilines is 1. The number of carbonyl (C=O) groups excluding carboxylic acids is 2. The number of fused-ring (bicyclic) bond motifs is 1. The second-order valence-corrected chi connectivity index (χ2v) is 7.90. The minimum absolute atomic E-state index is 0.142. The third-order valence-corrected chi connectivity index (χ3v) is 5.19. The molecule has 3 aromatic rings. The van der Waals surface area contributed by atoms with Crippen molar-refractivity contribution in [3.8, 4) is 5.75 Å². The number of carbonyl (C=O) groups is 2. The fourth-order valence-corrected chi connectivity index (χ4v) is 3.61. The lowest BCUT2D eigenvalue weighted by molar-refractivity contribution is 0.0509. The Morgan fingerprint density at radius 2 is 1.81 bits per heavy atom. The molecule has 1 amide bonds. The van der Waals surface area contributed by atoms with E-state index in [4.69, 9.17) is 21.1 Å². The molecule has 0 fully saturated rings. The Hall–Kier alpha value is -2.99. The van der Waals surface area contributed by atoms with Crippen LogP contribution in [0.1, 0.15) is 54.1 Å². The average molecular weight is 443 g/mol. The summed E-state index contributed by atoms with van der Waals surface area (Å²) in [4.78, 5) is 25.5. The van der Waals surface area contributed by atoms with Crippen molar-refractivity contribution in [1.29, 1.82) is 0 Å². The van der Waals surface area contributed by atoms with Crippen LogP contribution in [0.2, 0.25) is 5.02 Å². The van der Waals surface area contributed by atoms with E-state index in [1.807, 2.05) is 40.0 Å². The zero-order chi connectivity index (χ0) is 22.7. The van der Waals surface area contributed by atoms with Crippen molar-refractivity contribution in [3.05, 3.63) is 58.2 Å². The van der Waals surface area contributed by atoms with Gasteiger partial charge in [-0.15, -0.1) is 0 Å². The predicted octanol–water partition coefficient (Wildman–Crippen LogP) is 5.61. The lowest BCUT2D eigenvalue weighted by atomic mass is 10.1. The molecule has 2 aromatic carbocycles. The first-order valence-electron chi connectivity index (χ1n) is 10.3. The number of halogens is 1. The fraction of sp³-hybridized carbons (Fsp3) is 0.333. The molecule has 1 aromatic heterocycles. The fourth-order valence-electron chi connectivity index (χ4n) is 3.48. The minimum atomic E-state index is -0.443. The SMILES string of the molecule is CCOC(=O)c1c(OC(C)C)c2cc(NC(=O)c3ccc(Cl)cc3)c(CC)cc2n1C. The van der Waals surface area contributed by atoms with Crippen molar-refractivity contribution in [2.45, 2.75) is 40.2 Å². The number of nitrogens with zero attached hydrogens (tertiary/aromatic N) is 1. The molecule has 31 heavy (non-hydrogen) atoms. The number of amides is 1. The zero-order valence-electron chi connectivity index (χ0n) is 18.4. The number of hydrogen-bond donors (Lipinski definition) is 1. The third kappa shape index (κ3) is 4.69. The highest BCUT2D eigenvalue weighted by molar-refractivity contribution is 6.30. The van der Waals surface area contributed by atoms with Crippen LogP contribution >= 0.6 is 11.6 Å². The number of benzene rings is 2. The van der Waals surface area contributed by atoms with Crippen LogP contribution in [0.3, 0.4) is 0 Å². The van der Waals surface area contributed by atoms with Crippen molar-refractivity contribution in [3.63, 3.8) is 0 Å². The third-order valence-electron chi connectivity index (χ3n) is 4.94. The molecule has 0 radical (unpaired) electrons. The summed E-state index contributed by atoms with van der Waals surface area (Å²) in [5.74, 6) is -0.226. The van der Waals surface area contributed by atoms with Crippen LogP contribution in [0.5, 0.6) is 5.75 Å². The Labute approximate surface area is 187 Å². The summed E-state index contributed by atoms with van der Waals surface area (Å²) in [5, 5.41) is 4.30. The quantitative estimate of drug-likeness (QED) is 0.483. The first-order chi connectivity index (χ1) is 14.8. The van der Waals surface area contributed by atoms with E-state index >= 15 is 0 Å². The second-order valence-electron chi connectivity index (χ2n) is 7.46. The van der Waals surface area contributed by atoms with E-state index < -0.39 is 5.97 Å². The van der Waals surface area contributed by atoms with Crippen LogP contribution in [0.25, 0.3) is 10.9 Å². The molecule has 0 aliphatic heterocycles. The Morgan fingerprint density at radius 3 is 2.39 bits per heavy atom. The number of hydrogen-bond acceptors (Lipinski definition) is 4. The summed E-state index contributed by atoms with van der Waals surface area (Å²) in [5.41, 5.74) is 3.31. The van der Waals surface area contributed by atoms with Crippen molar-refractivity contribution < 1.29 is 19.1 Å². The molecule has 3 rings (SSSR count). The highest BCUT2D eigenvalue weighted by Gasteiger charge is 2.26. The first kappa shape index (κ1) is 22.7. The minimum Gasteiger partial charge on any atom is -0.488 e. The van der Waals surface area contributed by atoms with Crippen LogP contribution < -0.4 is 10.1 Å². The molecule has 0 atom stereocenters. The van der Waals surface area contributed by atoms with Gasteiger partial charge in [0.15, 0.2) is 11.4 Å². The normalized spacial score (nSPS) is 11.1. The van der Waals surface area contributed by atoms with Gasteiger partial charge in [0.1, 0.15) is 0 Å². The molecule has 0 aliphatic rings. The average Bonchev–Trinajstić information content (AvgIpc) is 2.98.